The second-order valence-electron chi connectivity index (χ2n) is 4.77. The van der Waals surface area contributed by atoms with E-state index in [0.29, 0.717) is 6.42 Å². The molecule has 0 aromatic heterocycles. The van der Waals surface area contributed by atoms with E-state index in [0.717, 1.165) is 12.8 Å². The van der Waals surface area contributed by atoms with Crippen LogP contribution in [0.2, 0.25) is 0 Å². The molecule has 0 unspecified atom stereocenters. The van der Waals surface area contributed by atoms with E-state index in [1.807, 2.05) is 6.92 Å². The van der Waals surface area contributed by atoms with Crippen LogP contribution in [-0.4, -0.2) is 40.7 Å². The number of Topliss-reactive ketones (excluding diaryl/α,β-unsaturated/α-hetero) is 1. The van der Waals surface area contributed by atoms with Crippen molar-refractivity contribution in [2.45, 2.75) is 44.2 Å². The van der Waals surface area contributed by atoms with E-state index in [2.05, 4.69) is 0 Å². The Bertz CT molecular complexity index is 382. The van der Waals surface area contributed by atoms with E-state index < -0.39 is 23.4 Å². The number of rotatable bonds is 12. The molecule has 0 fully saturated rings. The number of amides is 2. The van der Waals surface area contributed by atoms with Gasteiger partial charge in [0.25, 0.3) is 0 Å². The van der Waals surface area contributed by atoms with Crippen molar-refractivity contribution in [2.24, 2.45) is 22.9 Å². The zero-order valence-electron chi connectivity index (χ0n) is 12.2. The van der Waals surface area contributed by atoms with Crippen molar-refractivity contribution in [2.75, 3.05) is 11.5 Å². The van der Waals surface area contributed by atoms with Crippen LogP contribution in [0.3, 0.4) is 0 Å². The van der Waals surface area contributed by atoms with Gasteiger partial charge in [0.2, 0.25) is 11.8 Å². The molecule has 21 heavy (non-hydrogen) atoms. The summed E-state index contributed by atoms with van der Waals surface area (Å²) in [7, 11) is 2.41. The number of ketones is 1. The average Bonchev–Trinajstić information content (AvgIpc) is 2.42. The Kier molecular flexibility index (Phi) is 9.67. The van der Waals surface area contributed by atoms with Crippen LogP contribution in [0.4, 0.5) is 0 Å². The highest BCUT2D eigenvalue weighted by Gasteiger charge is 2.39. The summed E-state index contributed by atoms with van der Waals surface area (Å²) in [4.78, 5) is 34.3. The molecule has 0 saturated heterocycles. The minimum atomic E-state index is -1.68. The van der Waals surface area contributed by atoms with Gasteiger partial charge in [0.15, 0.2) is 11.3 Å². The molecular weight excluding hydrogens is 312 g/mol. The Labute approximate surface area is 132 Å². The third-order valence-electron chi connectivity index (χ3n) is 2.93. The van der Waals surface area contributed by atoms with Gasteiger partial charge in [0.1, 0.15) is 0 Å². The van der Waals surface area contributed by atoms with Crippen molar-refractivity contribution in [3.05, 3.63) is 0 Å². The van der Waals surface area contributed by atoms with Crippen molar-refractivity contribution < 1.29 is 14.4 Å². The van der Waals surface area contributed by atoms with Crippen LogP contribution in [0.25, 0.3) is 0 Å². The third kappa shape index (κ3) is 7.16. The van der Waals surface area contributed by atoms with Crippen molar-refractivity contribution >= 4 is 39.2 Å². The number of unbranched alkanes of at least 4 members (excludes halogenated alkanes) is 2. The Hall–Kier alpha value is -0.770. The van der Waals surface area contributed by atoms with Gasteiger partial charge in [-0.3, -0.25) is 14.4 Å². The third-order valence-corrected chi connectivity index (χ3v) is 5.42. The monoisotopic (exact) mass is 336 g/mol. The lowest BCUT2D eigenvalue weighted by atomic mass is 9.93. The summed E-state index contributed by atoms with van der Waals surface area (Å²) in [5.74, 6) is -1.47. The molecule has 0 aliphatic rings. The molecule has 9 heteroatoms. The number of carbonyl (C=O) groups excluding carboxylic acids is 3. The largest absolute Gasteiger partial charge is 0.368 e. The number of hydrogen-bond donors (Lipinski definition) is 4. The lowest BCUT2D eigenvalue weighted by Gasteiger charge is -2.23. The molecule has 0 heterocycles. The fraction of sp³-hybridized carbons (Fsp3) is 0.750. The normalized spacial score (nSPS) is 15.2. The lowest BCUT2D eigenvalue weighted by Crippen LogP contribution is -2.60. The Morgan fingerprint density at radius 3 is 2.24 bits per heavy atom. The summed E-state index contributed by atoms with van der Waals surface area (Å²) in [5.41, 5.74) is 19.9. The molecule has 0 aromatic carbocycles. The highest BCUT2D eigenvalue weighted by molar-refractivity contribution is 8.76. The van der Waals surface area contributed by atoms with Gasteiger partial charge in [-0.25, -0.2) is 0 Å². The zero-order valence-corrected chi connectivity index (χ0v) is 13.8. The summed E-state index contributed by atoms with van der Waals surface area (Å²) in [6.45, 7) is 2.02. The van der Waals surface area contributed by atoms with Gasteiger partial charge in [-0.2, -0.15) is 0 Å². The quantitative estimate of drug-likeness (QED) is 0.213. The van der Waals surface area contributed by atoms with Crippen molar-refractivity contribution in [3.63, 3.8) is 0 Å². The first-order valence-electron chi connectivity index (χ1n) is 6.67. The Morgan fingerprint density at radius 2 is 1.76 bits per heavy atom. The van der Waals surface area contributed by atoms with Crippen molar-refractivity contribution in [1.82, 2.24) is 0 Å². The van der Waals surface area contributed by atoms with Crippen LogP contribution in [0, 0.1) is 0 Å². The SMILES string of the molecule is CCCCCC(=O)[C@](N)(CSSC[C@H](N)C(N)=O)C(N)=O. The first-order valence-corrected chi connectivity index (χ1v) is 9.15. The molecule has 7 nitrogen and oxygen atoms in total. The summed E-state index contributed by atoms with van der Waals surface area (Å²) >= 11 is 0. The number of hydrogen-bond acceptors (Lipinski definition) is 7. The van der Waals surface area contributed by atoms with E-state index in [9.17, 15) is 14.4 Å². The highest BCUT2D eigenvalue weighted by atomic mass is 33.1. The van der Waals surface area contributed by atoms with Crippen LogP contribution >= 0.6 is 21.6 Å². The summed E-state index contributed by atoms with van der Waals surface area (Å²) in [6, 6.07) is -0.775. The molecule has 0 radical (unpaired) electrons. The molecule has 0 saturated carbocycles. The van der Waals surface area contributed by atoms with E-state index in [4.69, 9.17) is 22.9 Å². The highest BCUT2D eigenvalue weighted by Crippen LogP contribution is 2.26. The molecule has 0 rings (SSSR count). The molecule has 0 aliphatic carbocycles. The predicted octanol–water partition coefficient (Wildman–Crippen LogP) is -0.487. The van der Waals surface area contributed by atoms with E-state index in [1.165, 1.54) is 21.6 Å². The van der Waals surface area contributed by atoms with Gasteiger partial charge in [0.05, 0.1) is 6.04 Å². The molecule has 0 spiro atoms. The lowest BCUT2D eigenvalue weighted by molar-refractivity contribution is -0.133. The maximum Gasteiger partial charge on any atom is 0.246 e. The van der Waals surface area contributed by atoms with Crippen LogP contribution in [0.1, 0.15) is 32.6 Å². The second-order valence-corrected chi connectivity index (χ2v) is 7.28. The standard InChI is InChI=1S/C12H24N4O3S2/c1-2-3-4-5-9(17)12(16,11(15)19)7-21-20-6-8(13)10(14)18/h8H,2-7,13,16H2,1H3,(H2,14,18)(H2,15,19)/t8-,12+/m0/s1. The van der Waals surface area contributed by atoms with Crippen LogP contribution in [-0.2, 0) is 14.4 Å². The first kappa shape index (κ1) is 20.2. The molecule has 0 bridgehead atoms. The molecule has 8 N–H and O–H groups in total. The van der Waals surface area contributed by atoms with Gasteiger partial charge in [0, 0.05) is 17.9 Å². The predicted molar refractivity (Wildman–Crippen MR) is 87.3 cm³/mol. The van der Waals surface area contributed by atoms with Crippen LogP contribution in [0.5, 0.6) is 0 Å². The van der Waals surface area contributed by atoms with Gasteiger partial charge < -0.3 is 22.9 Å². The Morgan fingerprint density at radius 1 is 1.14 bits per heavy atom. The fourth-order valence-electron chi connectivity index (χ4n) is 1.39. The summed E-state index contributed by atoms with van der Waals surface area (Å²) < 4.78 is 0. The molecular formula is C12H24N4O3S2. The molecule has 122 valence electrons. The fourth-order valence-corrected chi connectivity index (χ4v) is 3.90. The summed E-state index contributed by atoms with van der Waals surface area (Å²) in [5, 5.41) is 0. The van der Waals surface area contributed by atoms with E-state index >= 15 is 0 Å². The number of primary amides is 2. The number of nitrogens with two attached hydrogens (primary N) is 4. The molecule has 0 aromatic rings. The summed E-state index contributed by atoms with van der Waals surface area (Å²) in [6.07, 6.45) is 2.79. The average molecular weight is 336 g/mol. The topological polar surface area (TPSA) is 155 Å². The molecule has 2 atom stereocenters. The maximum absolute atomic E-state index is 12.1. The second kappa shape index (κ2) is 10.0. The van der Waals surface area contributed by atoms with Crippen molar-refractivity contribution in [3.8, 4) is 0 Å². The number of carbonyl (C=O) groups is 3. The van der Waals surface area contributed by atoms with Crippen molar-refractivity contribution in [1.29, 1.82) is 0 Å². The van der Waals surface area contributed by atoms with Gasteiger partial charge in [-0.05, 0) is 6.42 Å². The minimum absolute atomic E-state index is 0.0451. The maximum atomic E-state index is 12.1. The van der Waals surface area contributed by atoms with Gasteiger partial charge in [-0.1, -0.05) is 41.4 Å². The smallest absolute Gasteiger partial charge is 0.246 e. The van der Waals surface area contributed by atoms with E-state index in [-0.39, 0.29) is 23.7 Å². The first-order chi connectivity index (χ1) is 9.75. The van der Waals surface area contributed by atoms with Crippen LogP contribution in [0.15, 0.2) is 0 Å². The van der Waals surface area contributed by atoms with Crippen LogP contribution < -0.4 is 22.9 Å². The minimum Gasteiger partial charge on any atom is -0.368 e. The van der Waals surface area contributed by atoms with E-state index in [1.54, 1.807) is 0 Å². The zero-order chi connectivity index (χ0) is 16.5. The van der Waals surface area contributed by atoms with Gasteiger partial charge >= 0.3 is 0 Å². The van der Waals surface area contributed by atoms with Gasteiger partial charge in [-0.15, -0.1) is 0 Å². The molecule has 0 aliphatic heterocycles. The Balaban J connectivity index is 4.36. The molecule has 2 amide bonds.